The topological polar surface area (TPSA) is 41.6 Å². The number of hydrogen-bond donors (Lipinski definition) is 1. The fourth-order valence-electron chi connectivity index (χ4n) is 3.12. The molecule has 0 unspecified atom stereocenters. The molecule has 0 atom stereocenters. The SMILES string of the molecule is CCN(Cc1cccc(F)c1)C(=O)C1(COC)CCNCC1. The minimum absolute atomic E-state index is 0.114. The van der Waals surface area contributed by atoms with Gasteiger partial charge >= 0.3 is 0 Å². The van der Waals surface area contributed by atoms with Gasteiger partial charge in [0.1, 0.15) is 5.82 Å². The van der Waals surface area contributed by atoms with Gasteiger partial charge < -0.3 is 15.0 Å². The van der Waals surface area contributed by atoms with Gasteiger partial charge in [0.25, 0.3) is 0 Å². The van der Waals surface area contributed by atoms with Crippen molar-refractivity contribution in [3.63, 3.8) is 0 Å². The Labute approximate surface area is 131 Å². The van der Waals surface area contributed by atoms with E-state index < -0.39 is 5.41 Å². The first kappa shape index (κ1) is 16.9. The van der Waals surface area contributed by atoms with E-state index in [1.165, 1.54) is 12.1 Å². The van der Waals surface area contributed by atoms with Crippen molar-refractivity contribution in [3.8, 4) is 0 Å². The lowest BCUT2D eigenvalue weighted by molar-refractivity contribution is -0.148. The molecular formula is C17H25FN2O2. The maximum atomic E-state index is 13.3. The number of hydrogen-bond acceptors (Lipinski definition) is 3. The van der Waals surface area contributed by atoms with E-state index in [4.69, 9.17) is 4.74 Å². The molecule has 1 N–H and O–H groups in total. The predicted octanol–water partition coefficient (Wildman–Crippen LogP) is 2.19. The number of amides is 1. The van der Waals surface area contributed by atoms with Gasteiger partial charge in [-0.05, 0) is 50.6 Å². The second-order valence-electron chi connectivity index (χ2n) is 5.91. The summed E-state index contributed by atoms with van der Waals surface area (Å²) >= 11 is 0. The van der Waals surface area contributed by atoms with Gasteiger partial charge in [-0.1, -0.05) is 12.1 Å². The molecular weight excluding hydrogens is 283 g/mol. The highest BCUT2D eigenvalue weighted by Crippen LogP contribution is 2.32. The Morgan fingerprint density at radius 2 is 2.14 bits per heavy atom. The number of rotatable bonds is 6. The molecule has 22 heavy (non-hydrogen) atoms. The highest BCUT2D eigenvalue weighted by Gasteiger charge is 2.41. The van der Waals surface area contributed by atoms with Crippen LogP contribution in [-0.2, 0) is 16.1 Å². The van der Waals surface area contributed by atoms with Gasteiger partial charge in [-0.3, -0.25) is 4.79 Å². The van der Waals surface area contributed by atoms with Crippen LogP contribution in [0.2, 0.25) is 0 Å². The molecule has 0 bridgehead atoms. The van der Waals surface area contributed by atoms with E-state index in [9.17, 15) is 9.18 Å². The van der Waals surface area contributed by atoms with E-state index in [-0.39, 0.29) is 11.7 Å². The number of halogens is 1. The lowest BCUT2D eigenvalue weighted by Gasteiger charge is -2.39. The molecule has 0 aromatic heterocycles. The maximum absolute atomic E-state index is 13.3. The molecule has 1 heterocycles. The largest absolute Gasteiger partial charge is 0.384 e. The third-order valence-corrected chi connectivity index (χ3v) is 4.37. The first-order valence-electron chi connectivity index (χ1n) is 7.85. The number of nitrogens with zero attached hydrogens (tertiary/aromatic N) is 1. The zero-order valence-electron chi connectivity index (χ0n) is 13.4. The lowest BCUT2D eigenvalue weighted by Crippen LogP contribution is -2.51. The zero-order chi connectivity index (χ0) is 16.0. The second kappa shape index (κ2) is 7.70. The molecule has 1 saturated heterocycles. The molecule has 1 amide bonds. The van der Waals surface area contributed by atoms with E-state index >= 15 is 0 Å². The highest BCUT2D eigenvalue weighted by molar-refractivity contribution is 5.83. The van der Waals surface area contributed by atoms with Gasteiger partial charge in [0.2, 0.25) is 5.91 Å². The summed E-state index contributed by atoms with van der Waals surface area (Å²) in [7, 11) is 1.64. The third-order valence-electron chi connectivity index (χ3n) is 4.37. The Morgan fingerprint density at radius 3 is 2.73 bits per heavy atom. The summed E-state index contributed by atoms with van der Waals surface area (Å²) in [5.41, 5.74) is 0.361. The average molecular weight is 308 g/mol. The van der Waals surface area contributed by atoms with E-state index in [0.29, 0.717) is 19.7 Å². The summed E-state index contributed by atoms with van der Waals surface area (Å²) in [5, 5.41) is 3.29. The van der Waals surface area contributed by atoms with Crippen molar-refractivity contribution >= 4 is 5.91 Å². The second-order valence-corrected chi connectivity index (χ2v) is 5.91. The Bertz CT molecular complexity index is 496. The van der Waals surface area contributed by atoms with Crippen LogP contribution in [0.3, 0.4) is 0 Å². The first-order chi connectivity index (χ1) is 10.6. The van der Waals surface area contributed by atoms with E-state index in [1.807, 2.05) is 13.0 Å². The summed E-state index contributed by atoms with van der Waals surface area (Å²) < 4.78 is 18.7. The van der Waals surface area contributed by atoms with Crippen LogP contribution in [0.5, 0.6) is 0 Å². The van der Waals surface area contributed by atoms with Gasteiger partial charge in [0, 0.05) is 20.2 Å². The summed E-state index contributed by atoms with van der Waals surface area (Å²) in [5.74, 6) is -0.155. The molecule has 1 aromatic rings. The van der Waals surface area contributed by atoms with Crippen molar-refractivity contribution < 1.29 is 13.9 Å². The molecule has 0 aliphatic carbocycles. The standard InChI is InChI=1S/C17H25FN2O2/c1-3-20(12-14-5-4-6-15(18)11-14)16(21)17(13-22-2)7-9-19-10-8-17/h4-6,11,19H,3,7-10,12-13H2,1-2H3. The number of carbonyl (C=O) groups is 1. The normalized spacial score (nSPS) is 17.2. The molecule has 1 aliphatic heterocycles. The van der Waals surface area contributed by atoms with E-state index in [2.05, 4.69) is 5.32 Å². The molecule has 5 heteroatoms. The number of carbonyl (C=O) groups excluding carboxylic acids is 1. The van der Waals surface area contributed by atoms with Crippen LogP contribution in [0.1, 0.15) is 25.3 Å². The summed E-state index contributed by atoms with van der Waals surface area (Å²) in [6.45, 7) is 5.09. The summed E-state index contributed by atoms with van der Waals surface area (Å²) in [6.07, 6.45) is 1.55. The summed E-state index contributed by atoms with van der Waals surface area (Å²) in [4.78, 5) is 14.9. The van der Waals surface area contributed by atoms with Crippen molar-refractivity contribution in [3.05, 3.63) is 35.6 Å². The minimum atomic E-state index is -0.455. The minimum Gasteiger partial charge on any atom is -0.384 e. The third kappa shape index (κ3) is 3.84. The number of piperidine rings is 1. The number of benzene rings is 1. The Kier molecular flexibility index (Phi) is 5.91. The molecule has 4 nitrogen and oxygen atoms in total. The fraction of sp³-hybridized carbons (Fsp3) is 0.588. The highest BCUT2D eigenvalue weighted by atomic mass is 19.1. The smallest absolute Gasteiger partial charge is 0.231 e. The Balaban J connectivity index is 2.15. The monoisotopic (exact) mass is 308 g/mol. The van der Waals surface area contributed by atoms with Crippen molar-refractivity contribution in [2.45, 2.75) is 26.3 Å². The molecule has 0 radical (unpaired) electrons. The number of ether oxygens (including phenoxy) is 1. The lowest BCUT2D eigenvalue weighted by atomic mass is 9.78. The van der Waals surface area contributed by atoms with Gasteiger partial charge in [0.05, 0.1) is 12.0 Å². The van der Waals surface area contributed by atoms with Gasteiger partial charge in [0.15, 0.2) is 0 Å². The van der Waals surface area contributed by atoms with E-state index in [1.54, 1.807) is 18.1 Å². The van der Waals surface area contributed by atoms with Crippen LogP contribution >= 0.6 is 0 Å². The quantitative estimate of drug-likeness (QED) is 0.876. The van der Waals surface area contributed by atoms with Crippen molar-refractivity contribution in [2.75, 3.05) is 33.4 Å². The van der Waals surface area contributed by atoms with Crippen LogP contribution in [0.25, 0.3) is 0 Å². The number of methoxy groups -OCH3 is 1. The van der Waals surface area contributed by atoms with Gasteiger partial charge in [-0.15, -0.1) is 0 Å². The molecule has 0 spiro atoms. The average Bonchev–Trinajstić information content (AvgIpc) is 2.53. The molecule has 0 saturated carbocycles. The van der Waals surface area contributed by atoms with Crippen molar-refractivity contribution in [1.82, 2.24) is 10.2 Å². The molecule has 1 fully saturated rings. The van der Waals surface area contributed by atoms with Gasteiger partial charge in [-0.2, -0.15) is 0 Å². The fourth-order valence-corrected chi connectivity index (χ4v) is 3.12. The van der Waals surface area contributed by atoms with Crippen molar-refractivity contribution in [1.29, 1.82) is 0 Å². The maximum Gasteiger partial charge on any atom is 0.231 e. The molecule has 1 aromatic carbocycles. The number of nitrogens with one attached hydrogen (secondary N) is 1. The molecule has 2 rings (SSSR count). The molecule has 1 aliphatic rings. The van der Waals surface area contributed by atoms with Crippen LogP contribution in [0.15, 0.2) is 24.3 Å². The molecule has 122 valence electrons. The van der Waals surface area contributed by atoms with Crippen LogP contribution in [-0.4, -0.2) is 44.2 Å². The van der Waals surface area contributed by atoms with Crippen LogP contribution in [0, 0.1) is 11.2 Å². The van der Waals surface area contributed by atoms with Gasteiger partial charge in [-0.25, -0.2) is 4.39 Å². The summed E-state index contributed by atoms with van der Waals surface area (Å²) in [6, 6.07) is 6.44. The van der Waals surface area contributed by atoms with Crippen LogP contribution < -0.4 is 5.32 Å². The zero-order valence-corrected chi connectivity index (χ0v) is 13.4. The first-order valence-corrected chi connectivity index (χ1v) is 7.85. The Hall–Kier alpha value is -1.46. The Morgan fingerprint density at radius 1 is 1.41 bits per heavy atom. The van der Waals surface area contributed by atoms with Crippen molar-refractivity contribution in [2.24, 2.45) is 5.41 Å². The predicted molar refractivity (Wildman–Crippen MR) is 83.9 cm³/mol. The van der Waals surface area contributed by atoms with Crippen LogP contribution in [0.4, 0.5) is 4.39 Å². The van der Waals surface area contributed by atoms with E-state index in [0.717, 1.165) is 31.5 Å².